The molecule has 1 heterocycles. The lowest BCUT2D eigenvalue weighted by atomic mass is 9.44. The molecule has 2 saturated carbocycles. The highest BCUT2D eigenvalue weighted by atomic mass is 79.9. The van der Waals surface area contributed by atoms with E-state index in [0.717, 1.165) is 6.92 Å². The molecule has 3 aromatic rings. The average Bonchev–Trinajstić information content (AvgIpc) is 3.24. The van der Waals surface area contributed by atoms with E-state index >= 15 is 4.79 Å². The van der Waals surface area contributed by atoms with Gasteiger partial charge in [0.2, 0.25) is 0 Å². The normalized spacial score (nSPS) is 31.9. The second kappa shape index (κ2) is 16.8. The summed E-state index contributed by atoms with van der Waals surface area (Å²) in [5, 5.41) is 28.7. The first-order valence-electron chi connectivity index (χ1n) is 20.4. The molecule has 11 atom stereocenters. The molecule has 14 nitrogen and oxygen atoms in total. The minimum Gasteiger partial charge on any atom is -0.457 e. The number of hydrogen-bond donors (Lipinski definition) is 3. The maximum absolute atomic E-state index is 15.5. The summed E-state index contributed by atoms with van der Waals surface area (Å²) >= 11 is 3.50. The van der Waals surface area contributed by atoms with E-state index in [1.807, 2.05) is 0 Å². The summed E-state index contributed by atoms with van der Waals surface area (Å²) in [6.07, 6.45) is -8.08. The van der Waals surface area contributed by atoms with Crippen molar-refractivity contribution < 1.29 is 62.7 Å². The van der Waals surface area contributed by atoms with E-state index < -0.39 is 111 Å². The molecule has 3 fully saturated rings. The Morgan fingerprint density at radius 3 is 1.97 bits per heavy atom. The number of ketones is 1. The average molecular weight is 917 g/mol. The number of hydrogen-bond acceptors (Lipinski definition) is 13. The van der Waals surface area contributed by atoms with Crippen molar-refractivity contribution in [3.63, 3.8) is 0 Å². The highest BCUT2D eigenvalue weighted by molar-refractivity contribution is 9.10. The highest BCUT2D eigenvalue weighted by Gasteiger charge is 2.78. The largest absolute Gasteiger partial charge is 0.457 e. The van der Waals surface area contributed by atoms with Gasteiger partial charge >= 0.3 is 23.9 Å². The number of amides is 1. The van der Waals surface area contributed by atoms with E-state index in [9.17, 15) is 34.2 Å². The van der Waals surface area contributed by atoms with Crippen LogP contribution < -0.4 is 5.32 Å². The highest BCUT2D eigenvalue weighted by Crippen LogP contribution is 2.64. The third-order valence-corrected chi connectivity index (χ3v) is 14.3. The molecule has 4 aliphatic rings. The molecule has 1 saturated heterocycles. The molecule has 0 aromatic heterocycles. The minimum atomic E-state index is -2.32. The van der Waals surface area contributed by atoms with Gasteiger partial charge in [0.25, 0.3) is 5.91 Å². The van der Waals surface area contributed by atoms with Crippen molar-refractivity contribution >= 4 is 51.5 Å². The van der Waals surface area contributed by atoms with Gasteiger partial charge in [-0.25, -0.2) is 4.79 Å². The van der Waals surface area contributed by atoms with Gasteiger partial charge in [-0.2, -0.15) is 0 Å². The summed E-state index contributed by atoms with van der Waals surface area (Å²) in [4.78, 5) is 82.6. The Bertz CT molecular complexity index is 2290. The maximum Gasteiger partial charge on any atom is 0.338 e. The third-order valence-electron chi connectivity index (χ3n) is 13.4. The standard InChI is InChI=1S/C47H50BrNO13/c1-25-31(60-43(56)35(48)36(28-16-10-7-11-17-28)49-41(54)29-18-12-8-13-19-29)23-47(57)40(61-42(55)30-20-14-9-15-21-30)38-45(6,32(52)22-33-46(38,24-58-33)62-27(3)51)39(53)37(59-26(2)50)34(25)44(47,4)5/h7-21,31-33,35-38,40,52,57H,22-24H2,1-6H3,(H,49,54)/t31?,32-,33+,35+,36-,37+,38-,40-,45+,46-,47+/m0/s1. The predicted molar refractivity (Wildman–Crippen MR) is 224 cm³/mol. The monoisotopic (exact) mass is 915 g/mol. The van der Waals surface area contributed by atoms with Crippen LogP contribution in [0.15, 0.2) is 102 Å². The summed E-state index contributed by atoms with van der Waals surface area (Å²) in [5.74, 6) is -6.18. The Morgan fingerprint density at radius 1 is 0.839 bits per heavy atom. The molecule has 62 heavy (non-hydrogen) atoms. The van der Waals surface area contributed by atoms with Gasteiger partial charge in [-0.05, 0) is 54.8 Å². The zero-order chi connectivity index (χ0) is 44.9. The topological polar surface area (TPSA) is 201 Å². The van der Waals surface area contributed by atoms with Crippen LogP contribution >= 0.6 is 15.9 Å². The number of halogens is 1. The van der Waals surface area contributed by atoms with E-state index in [0.29, 0.717) is 11.1 Å². The van der Waals surface area contributed by atoms with Gasteiger partial charge in [-0.15, -0.1) is 0 Å². The molecule has 15 heteroatoms. The van der Waals surface area contributed by atoms with Crippen molar-refractivity contribution in [3.05, 3.63) is 119 Å². The van der Waals surface area contributed by atoms with Gasteiger partial charge in [-0.3, -0.25) is 24.0 Å². The Kier molecular flexibility index (Phi) is 12.2. The minimum absolute atomic E-state index is 0.0634. The fourth-order valence-corrected chi connectivity index (χ4v) is 10.7. The number of carbonyl (C=O) groups excluding carboxylic acids is 6. The van der Waals surface area contributed by atoms with E-state index in [1.54, 1.807) is 99.6 Å². The van der Waals surface area contributed by atoms with Gasteiger partial charge in [0.1, 0.15) is 28.7 Å². The number of aliphatic hydroxyl groups excluding tert-OH is 1. The molecule has 328 valence electrons. The molecule has 1 amide bonds. The van der Waals surface area contributed by atoms with Crippen molar-refractivity contribution in [2.75, 3.05) is 6.61 Å². The second-order valence-electron chi connectivity index (χ2n) is 17.3. The molecule has 3 aromatic carbocycles. The van der Waals surface area contributed by atoms with Crippen LogP contribution in [0.3, 0.4) is 0 Å². The Balaban J connectivity index is 1.39. The Morgan fingerprint density at radius 2 is 1.42 bits per heavy atom. The molecule has 0 spiro atoms. The van der Waals surface area contributed by atoms with Gasteiger partial charge in [0.05, 0.1) is 35.6 Å². The first-order valence-corrected chi connectivity index (χ1v) is 21.3. The van der Waals surface area contributed by atoms with Crippen LogP contribution in [-0.2, 0) is 42.9 Å². The van der Waals surface area contributed by atoms with Crippen molar-refractivity contribution in [2.45, 2.75) is 107 Å². The van der Waals surface area contributed by atoms with Crippen LogP contribution in [0, 0.1) is 16.7 Å². The van der Waals surface area contributed by atoms with E-state index in [1.165, 1.54) is 26.0 Å². The van der Waals surface area contributed by atoms with Crippen LogP contribution in [0.5, 0.6) is 0 Å². The number of benzene rings is 3. The van der Waals surface area contributed by atoms with Crippen LogP contribution in [0.4, 0.5) is 0 Å². The Hall–Kier alpha value is -5.22. The molecule has 2 bridgehead atoms. The van der Waals surface area contributed by atoms with Crippen LogP contribution in [0.25, 0.3) is 0 Å². The number of ether oxygens (including phenoxy) is 5. The van der Waals surface area contributed by atoms with Crippen LogP contribution in [0.1, 0.15) is 86.7 Å². The lowest BCUT2D eigenvalue weighted by molar-refractivity contribution is -0.346. The maximum atomic E-state index is 15.5. The number of rotatable bonds is 10. The number of esters is 4. The number of fused-ring (bicyclic) bond motifs is 5. The van der Waals surface area contributed by atoms with Gasteiger partial charge in [0.15, 0.2) is 17.5 Å². The van der Waals surface area contributed by atoms with Crippen molar-refractivity contribution in [3.8, 4) is 0 Å². The zero-order valence-corrected chi connectivity index (χ0v) is 36.7. The first-order chi connectivity index (χ1) is 29.3. The summed E-state index contributed by atoms with van der Waals surface area (Å²) in [6.45, 7) is 8.22. The number of Topliss-reactive ketones (excluding diaryl/α,β-unsaturated/α-hetero) is 1. The summed E-state index contributed by atoms with van der Waals surface area (Å²) < 4.78 is 30.6. The van der Waals surface area contributed by atoms with E-state index in [-0.39, 0.29) is 29.7 Å². The first kappa shape index (κ1) is 44.8. The fourth-order valence-electron chi connectivity index (χ4n) is 10.2. The molecule has 3 aliphatic carbocycles. The molecule has 1 aliphatic heterocycles. The number of nitrogens with one attached hydrogen (secondary N) is 1. The second-order valence-corrected chi connectivity index (χ2v) is 18.3. The van der Waals surface area contributed by atoms with Gasteiger partial charge in [0, 0.05) is 37.7 Å². The van der Waals surface area contributed by atoms with E-state index in [4.69, 9.17) is 23.7 Å². The van der Waals surface area contributed by atoms with Crippen molar-refractivity contribution in [1.82, 2.24) is 5.32 Å². The van der Waals surface area contributed by atoms with Gasteiger partial charge in [-0.1, -0.05) is 96.5 Å². The van der Waals surface area contributed by atoms with Crippen LogP contribution in [0.2, 0.25) is 0 Å². The lowest BCUT2D eigenvalue weighted by Gasteiger charge is -2.67. The SMILES string of the molecule is CC(=O)O[C@H]1C(=O)[C@@]2(C)[C@H]([C@H](OC(=O)c3ccccc3)[C@]3(O)CC(OC(=O)[C@H](Br)[C@@H](NC(=O)c4ccccc4)c4ccccc4)C(C)=C1C3(C)C)[C@]1(OC(C)=O)CO[C@@H]1C[C@@H]2O. The smallest absolute Gasteiger partial charge is 0.338 e. The summed E-state index contributed by atoms with van der Waals surface area (Å²) in [5.41, 5.74) is -6.36. The summed E-state index contributed by atoms with van der Waals surface area (Å²) in [6, 6.07) is 24.2. The van der Waals surface area contributed by atoms with E-state index in [2.05, 4.69) is 21.2 Å². The molecule has 7 rings (SSSR count). The van der Waals surface area contributed by atoms with Crippen molar-refractivity contribution in [2.24, 2.45) is 16.7 Å². The zero-order valence-electron chi connectivity index (χ0n) is 35.2. The molecule has 3 N–H and O–H groups in total. The third kappa shape index (κ3) is 7.46. The lowest BCUT2D eigenvalue weighted by Crippen LogP contribution is -2.82. The molecule has 1 unspecified atom stereocenters. The Labute approximate surface area is 367 Å². The predicted octanol–water partition coefficient (Wildman–Crippen LogP) is 5.14. The fraction of sp³-hybridized carbons (Fsp3) is 0.447. The van der Waals surface area contributed by atoms with Gasteiger partial charge < -0.3 is 39.2 Å². The molecular weight excluding hydrogens is 866 g/mol. The number of carbonyl (C=O) groups is 6. The van der Waals surface area contributed by atoms with Crippen LogP contribution in [-0.4, -0.2) is 98.9 Å². The van der Waals surface area contributed by atoms with Crippen molar-refractivity contribution in [1.29, 1.82) is 0 Å². The summed E-state index contributed by atoms with van der Waals surface area (Å²) in [7, 11) is 0. The molecule has 0 radical (unpaired) electrons. The quantitative estimate of drug-likeness (QED) is 0.105. The number of aliphatic hydroxyl groups is 2. The number of alkyl halides is 1. The molecular formula is C47H50BrNO13.